The van der Waals surface area contributed by atoms with E-state index < -0.39 is 28.5 Å². The van der Waals surface area contributed by atoms with Crippen molar-refractivity contribution < 1.29 is 27.5 Å². The first-order valence-electron chi connectivity index (χ1n) is 14.2. The fourth-order valence-electron chi connectivity index (χ4n) is 4.81. The number of carbonyl (C=O) groups excluding carboxylic acids is 2. The third-order valence-corrected chi connectivity index (χ3v) is 8.87. The molecule has 2 amide bonds. The lowest BCUT2D eigenvalue weighted by atomic mass is 10.0. The zero-order chi connectivity index (χ0) is 31.5. The van der Waals surface area contributed by atoms with Crippen LogP contribution in [0.5, 0.6) is 11.5 Å². The molecule has 0 aromatic heterocycles. The Morgan fingerprint density at radius 3 is 2.00 bits per heavy atom. The molecule has 44 heavy (non-hydrogen) atoms. The SMILES string of the molecule is CCNC(=O)[C@@H](Cc1ccccc1)N(Cc1cccc(OC)c1)C(=O)CN(c1ccc(OC)cc1)S(=O)(=O)c1ccccc1. The Labute approximate surface area is 259 Å². The minimum atomic E-state index is -4.18. The summed E-state index contributed by atoms with van der Waals surface area (Å²) in [6.45, 7) is 1.68. The second-order valence-electron chi connectivity index (χ2n) is 10.00. The molecular formula is C34H37N3O6S. The Bertz CT molecular complexity index is 1630. The summed E-state index contributed by atoms with van der Waals surface area (Å²) in [4.78, 5) is 29.5. The summed E-state index contributed by atoms with van der Waals surface area (Å²) in [5.74, 6) is 0.250. The van der Waals surface area contributed by atoms with Gasteiger partial charge in [0.05, 0.1) is 24.8 Å². The molecule has 1 N–H and O–H groups in total. The molecule has 0 fully saturated rings. The Morgan fingerprint density at radius 1 is 0.773 bits per heavy atom. The third-order valence-electron chi connectivity index (χ3n) is 7.08. The fraction of sp³-hybridized carbons (Fsp3) is 0.235. The first-order valence-corrected chi connectivity index (χ1v) is 15.7. The van der Waals surface area contributed by atoms with Gasteiger partial charge in [0, 0.05) is 19.5 Å². The fourth-order valence-corrected chi connectivity index (χ4v) is 6.25. The molecule has 0 saturated carbocycles. The number of hydrogen-bond acceptors (Lipinski definition) is 6. The van der Waals surface area contributed by atoms with Crippen molar-refractivity contribution in [3.63, 3.8) is 0 Å². The number of hydrogen-bond donors (Lipinski definition) is 1. The summed E-state index contributed by atoms with van der Waals surface area (Å²) in [7, 11) is -1.11. The smallest absolute Gasteiger partial charge is 0.264 e. The highest BCUT2D eigenvalue weighted by Gasteiger charge is 2.34. The third kappa shape index (κ3) is 7.96. The van der Waals surface area contributed by atoms with Gasteiger partial charge in [-0.1, -0.05) is 60.7 Å². The Kier molecular flexibility index (Phi) is 11.0. The highest BCUT2D eigenvalue weighted by molar-refractivity contribution is 7.92. The van der Waals surface area contributed by atoms with Crippen molar-refractivity contribution in [2.75, 3.05) is 31.6 Å². The van der Waals surface area contributed by atoms with E-state index in [2.05, 4.69) is 5.32 Å². The number of ether oxygens (including phenoxy) is 2. The van der Waals surface area contributed by atoms with Crippen LogP contribution in [-0.4, -0.2) is 58.5 Å². The van der Waals surface area contributed by atoms with Gasteiger partial charge in [-0.05, 0) is 66.6 Å². The van der Waals surface area contributed by atoms with Gasteiger partial charge >= 0.3 is 0 Å². The van der Waals surface area contributed by atoms with Crippen molar-refractivity contribution in [3.05, 3.63) is 120 Å². The summed E-state index contributed by atoms with van der Waals surface area (Å²) in [6, 6.07) is 30.1. The van der Waals surface area contributed by atoms with Crippen LogP contribution >= 0.6 is 0 Å². The average Bonchev–Trinajstić information content (AvgIpc) is 3.06. The van der Waals surface area contributed by atoms with E-state index in [9.17, 15) is 18.0 Å². The van der Waals surface area contributed by atoms with Crippen LogP contribution < -0.4 is 19.1 Å². The van der Waals surface area contributed by atoms with Gasteiger partial charge < -0.3 is 19.7 Å². The monoisotopic (exact) mass is 615 g/mol. The summed E-state index contributed by atoms with van der Waals surface area (Å²) >= 11 is 0. The molecule has 0 unspecified atom stereocenters. The standard InChI is InChI=1S/C34H37N3O6S/c1-4-35-34(39)32(23-26-12-7-5-8-13-26)36(24-27-14-11-15-30(22-27)43-3)33(38)25-37(28-18-20-29(42-2)21-19-28)44(40,41)31-16-9-6-10-17-31/h5-22,32H,4,23-25H2,1-3H3,(H,35,39)/t32-/m1/s1. The van der Waals surface area contributed by atoms with Crippen LogP contribution in [0.3, 0.4) is 0 Å². The maximum atomic E-state index is 14.4. The Hall–Kier alpha value is -4.83. The number of nitrogens with zero attached hydrogens (tertiary/aromatic N) is 2. The van der Waals surface area contributed by atoms with Gasteiger partial charge in [0.25, 0.3) is 10.0 Å². The molecule has 0 saturated heterocycles. The topological polar surface area (TPSA) is 105 Å². The van der Waals surface area contributed by atoms with E-state index in [1.807, 2.05) is 43.3 Å². The van der Waals surface area contributed by atoms with Crippen LogP contribution in [0, 0.1) is 0 Å². The summed E-state index contributed by atoms with van der Waals surface area (Å²) in [5.41, 5.74) is 1.86. The predicted octanol–water partition coefficient (Wildman–Crippen LogP) is 4.68. The molecular weight excluding hydrogens is 578 g/mol. The number of rotatable bonds is 14. The number of nitrogens with one attached hydrogen (secondary N) is 1. The van der Waals surface area contributed by atoms with E-state index in [4.69, 9.17) is 9.47 Å². The predicted molar refractivity (Wildman–Crippen MR) is 170 cm³/mol. The van der Waals surface area contributed by atoms with E-state index in [0.717, 1.165) is 15.4 Å². The first kappa shape index (κ1) is 32.1. The van der Waals surface area contributed by atoms with Crippen LogP contribution in [0.25, 0.3) is 0 Å². The number of carbonyl (C=O) groups is 2. The van der Waals surface area contributed by atoms with Crippen LogP contribution in [0.15, 0.2) is 114 Å². The van der Waals surface area contributed by atoms with Gasteiger partial charge in [-0.15, -0.1) is 0 Å². The highest BCUT2D eigenvalue weighted by Crippen LogP contribution is 2.27. The second kappa shape index (κ2) is 15.1. The molecule has 230 valence electrons. The molecule has 4 aromatic carbocycles. The lowest BCUT2D eigenvalue weighted by Gasteiger charge is -2.34. The number of sulfonamides is 1. The number of anilines is 1. The molecule has 0 radical (unpaired) electrons. The number of methoxy groups -OCH3 is 2. The van der Waals surface area contributed by atoms with Crippen LogP contribution in [-0.2, 0) is 32.6 Å². The van der Waals surface area contributed by atoms with Crippen LogP contribution in [0.1, 0.15) is 18.1 Å². The van der Waals surface area contributed by atoms with Crippen molar-refractivity contribution in [1.82, 2.24) is 10.2 Å². The van der Waals surface area contributed by atoms with Crippen LogP contribution in [0.2, 0.25) is 0 Å². The molecule has 9 nitrogen and oxygen atoms in total. The molecule has 4 rings (SSSR count). The molecule has 10 heteroatoms. The minimum absolute atomic E-state index is 0.0347. The van der Waals surface area contributed by atoms with E-state index in [0.29, 0.717) is 18.0 Å². The molecule has 0 aliphatic rings. The lowest BCUT2D eigenvalue weighted by Crippen LogP contribution is -2.53. The van der Waals surface area contributed by atoms with Gasteiger partial charge in [0.2, 0.25) is 11.8 Å². The van der Waals surface area contributed by atoms with Gasteiger partial charge in [0.1, 0.15) is 24.1 Å². The highest BCUT2D eigenvalue weighted by atomic mass is 32.2. The first-order chi connectivity index (χ1) is 21.3. The molecule has 0 aliphatic carbocycles. The number of amides is 2. The molecule has 1 atom stereocenters. The Morgan fingerprint density at radius 2 is 1.39 bits per heavy atom. The lowest BCUT2D eigenvalue weighted by molar-refractivity contribution is -0.140. The molecule has 0 bridgehead atoms. The van der Waals surface area contributed by atoms with Crippen molar-refractivity contribution in [3.8, 4) is 11.5 Å². The normalized spacial score (nSPS) is 11.7. The van der Waals surface area contributed by atoms with Gasteiger partial charge in [0.15, 0.2) is 0 Å². The summed E-state index contributed by atoms with van der Waals surface area (Å²) in [5, 5.41) is 2.86. The van der Waals surface area contributed by atoms with Crippen molar-refractivity contribution >= 4 is 27.5 Å². The summed E-state index contributed by atoms with van der Waals surface area (Å²) < 4.78 is 39.8. The zero-order valence-electron chi connectivity index (χ0n) is 25.1. The second-order valence-corrected chi connectivity index (χ2v) is 11.9. The molecule has 0 spiro atoms. The quantitative estimate of drug-likeness (QED) is 0.221. The average molecular weight is 616 g/mol. The van der Waals surface area contributed by atoms with E-state index in [1.54, 1.807) is 67.8 Å². The number of likely N-dealkylation sites (N-methyl/N-ethyl adjacent to an activating group) is 1. The van der Waals surface area contributed by atoms with E-state index in [1.165, 1.54) is 24.1 Å². The van der Waals surface area contributed by atoms with E-state index >= 15 is 0 Å². The molecule has 0 heterocycles. The van der Waals surface area contributed by atoms with Crippen molar-refractivity contribution in [1.29, 1.82) is 0 Å². The Balaban J connectivity index is 1.79. The van der Waals surface area contributed by atoms with Crippen molar-refractivity contribution in [2.24, 2.45) is 0 Å². The van der Waals surface area contributed by atoms with E-state index in [-0.39, 0.29) is 29.5 Å². The van der Waals surface area contributed by atoms with Gasteiger partial charge in [-0.25, -0.2) is 8.42 Å². The van der Waals surface area contributed by atoms with Gasteiger partial charge in [-0.3, -0.25) is 13.9 Å². The van der Waals surface area contributed by atoms with Crippen molar-refractivity contribution in [2.45, 2.75) is 30.8 Å². The number of benzene rings is 4. The zero-order valence-corrected chi connectivity index (χ0v) is 25.9. The maximum absolute atomic E-state index is 14.4. The maximum Gasteiger partial charge on any atom is 0.264 e. The molecule has 4 aromatic rings. The minimum Gasteiger partial charge on any atom is -0.497 e. The molecule has 0 aliphatic heterocycles. The van der Waals surface area contributed by atoms with Crippen LogP contribution in [0.4, 0.5) is 5.69 Å². The largest absolute Gasteiger partial charge is 0.497 e. The van der Waals surface area contributed by atoms with Gasteiger partial charge in [-0.2, -0.15) is 0 Å². The summed E-state index contributed by atoms with van der Waals surface area (Å²) in [6.07, 6.45) is 0.232.